The molecular formula is C15H12BrNO4S. The lowest BCUT2D eigenvalue weighted by molar-refractivity contribution is -0.122. The number of phenolic OH excluding ortho intramolecular Hbond substituents is 1. The molecule has 5 nitrogen and oxygen atoms in total. The molecule has 22 heavy (non-hydrogen) atoms. The molecule has 0 saturated carbocycles. The Morgan fingerprint density at radius 1 is 1.50 bits per heavy atom. The van der Waals surface area contributed by atoms with Gasteiger partial charge >= 0.3 is 0 Å². The van der Waals surface area contributed by atoms with Crippen molar-refractivity contribution in [3.05, 3.63) is 27.1 Å². The van der Waals surface area contributed by atoms with Crippen molar-refractivity contribution < 1.29 is 19.4 Å². The smallest absolute Gasteiger partial charge is 0.294 e. The third kappa shape index (κ3) is 3.29. The van der Waals surface area contributed by atoms with E-state index in [9.17, 15) is 14.7 Å². The summed E-state index contributed by atoms with van der Waals surface area (Å²) in [7, 11) is 0. The summed E-state index contributed by atoms with van der Waals surface area (Å²) in [4.78, 5) is 25.1. The predicted octanol–water partition coefficient (Wildman–Crippen LogP) is 3.22. The number of terminal acetylenes is 1. The van der Waals surface area contributed by atoms with Crippen LogP contribution in [-0.4, -0.2) is 34.3 Å². The molecule has 1 heterocycles. The first-order valence-corrected chi connectivity index (χ1v) is 7.93. The van der Waals surface area contributed by atoms with Gasteiger partial charge in [-0.15, -0.1) is 6.42 Å². The maximum atomic E-state index is 12.1. The van der Waals surface area contributed by atoms with Crippen LogP contribution in [0.15, 0.2) is 21.5 Å². The van der Waals surface area contributed by atoms with Crippen LogP contribution in [-0.2, 0) is 4.79 Å². The number of nitrogens with zero attached hydrogens (tertiary/aromatic N) is 1. The highest BCUT2D eigenvalue weighted by Gasteiger charge is 2.34. The molecule has 2 rings (SSSR count). The quantitative estimate of drug-likeness (QED) is 0.640. The molecule has 1 aliphatic rings. The normalized spacial score (nSPS) is 16.2. The summed E-state index contributed by atoms with van der Waals surface area (Å²) >= 11 is 4.14. The number of halogens is 1. The number of phenols is 1. The van der Waals surface area contributed by atoms with Gasteiger partial charge in [0.05, 0.1) is 18.1 Å². The third-order valence-electron chi connectivity index (χ3n) is 2.79. The first kappa shape index (κ1) is 16.5. The molecule has 7 heteroatoms. The number of aromatic hydroxyl groups is 1. The minimum Gasteiger partial charge on any atom is -0.504 e. The van der Waals surface area contributed by atoms with Crippen LogP contribution >= 0.6 is 27.7 Å². The van der Waals surface area contributed by atoms with E-state index in [1.54, 1.807) is 19.1 Å². The molecule has 0 unspecified atom stereocenters. The van der Waals surface area contributed by atoms with Crippen molar-refractivity contribution in [2.75, 3.05) is 13.2 Å². The fourth-order valence-electron chi connectivity index (χ4n) is 1.81. The molecule has 0 spiro atoms. The van der Waals surface area contributed by atoms with Crippen molar-refractivity contribution in [2.45, 2.75) is 6.92 Å². The average molecular weight is 382 g/mol. The molecule has 1 aliphatic heterocycles. The maximum Gasteiger partial charge on any atom is 0.294 e. The third-order valence-corrected chi connectivity index (χ3v) is 4.38. The lowest BCUT2D eigenvalue weighted by atomic mass is 10.2. The van der Waals surface area contributed by atoms with Crippen LogP contribution in [0.3, 0.4) is 0 Å². The van der Waals surface area contributed by atoms with Gasteiger partial charge in [0.1, 0.15) is 0 Å². The van der Waals surface area contributed by atoms with E-state index in [-0.39, 0.29) is 17.2 Å². The van der Waals surface area contributed by atoms with Gasteiger partial charge in [0.15, 0.2) is 11.5 Å². The van der Waals surface area contributed by atoms with Crippen molar-refractivity contribution in [3.8, 4) is 23.8 Å². The number of ether oxygens (including phenoxy) is 1. The summed E-state index contributed by atoms with van der Waals surface area (Å²) in [6, 6.07) is 3.07. The Morgan fingerprint density at radius 2 is 2.23 bits per heavy atom. The van der Waals surface area contributed by atoms with Gasteiger partial charge in [-0.25, -0.2) is 0 Å². The zero-order chi connectivity index (χ0) is 16.3. The molecule has 1 aromatic rings. The topological polar surface area (TPSA) is 66.8 Å². The van der Waals surface area contributed by atoms with Crippen molar-refractivity contribution in [1.29, 1.82) is 0 Å². The van der Waals surface area contributed by atoms with E-state index in [4.69, 9.17) is 11.2 Å². The van der Waals surface area contributed by atoms with Gasteiger partial charge in [-0.3, -0.25) is 14.5 Å². The first-order valence-electron chi connectivity index (χ1n) is 6.32. The lowest BCUT2D eigenvalue weighted by Crippen LogP contribution is -2.28. The van der Waals surface area contributed by atoms with Gasteiger partial charge in [-0.05, 0) is 42.5 Å². The van der Waals surface area contributed by atoms with Crippen LogP contribution in [0.4, 0.5) is 4.79 Å². The van der Waals surface area contributed by atoms with Crippen LogP contribution in [0, 0.1) is 12.3 Å². The second-order valence-electron chi connectivity index (χ2n) is 4.25. The molecule has 0 atom stereocenters. The number of carbonyl (C=O) groups is 2. The Balaban J connectivity index is 2.38. The lowest BCUT2D eigenvalue weighted by Gasteiger charge is -2.09. The molecule has 114 valence electrons. The molecule has 0 aromatic heterocycles. The molecular weight excluding hydrogens is 370 g/mol. The molecule has 1 aromatic carbocycles. The highest BCUT2D eigenvalue weighted by atomic mass is 79.9. The van der Waals surface area contributed by atoms with Crippen LogP contribution < -0.4 is 4.74 Å². The fourth-order valence-corrected chi connectivity index (χ4v) is 3.08. The molecule has 0 radical (unpaired) electrons. The SMILES string of the molecule is C#CCN1C(=O)SC(=Cc2cc(OCC)c(O)cc2Br)C1=O. The van der Waals surface area contributed by atoms with E-state index < -0.39 is 11.1 Å². The van der Waals surface area contributed by atoms with E-state index in [0.29, 0.717) is 22.4 Å². The highest BCUT2D eigenvalue weighted by molar-refractivity contribution is 9.10. The number of imide groups is 1. The zero-order valence-corrected chi connectivity index (χ0v) is 14.0. The van der Waals surface area contributed by atoms with Crippen molar-refractivity contribution >= 4 is 44.9 Å². The minimum atomic E-state index is -0.425. The van der Waals surface area contributed by atoms with Crippen LogP contribution in [0.1, 0.15) is 12.5 Å². The Morgan fingerprint density at radius 3 is 2.86 bits per heavy atom. The number of rotatable bonds is 4. The number of hydrogen-bond acceptors (Lipinski definition) is 5. The predicted molar refractivity (Wildman–Crippen MR) is 88.5 cm³/mol. The van der Waals surface area contributed by atoms with Crippen LogP contribution in [0.2, 0.25) is 0 Å². The summed E-state index contributed by atoms with van der Waals surface area (Å²) < 4.78 is 5.89. The molecule has 1 saturated heterocycles. The van der Waals surface area contributed by atoms with Crippen LogP contribution in [0.25, 0.3) is 6.08 Å². The summed E-state index contributed by atoms with van der Waals surface area (Å²) in [6.07, 6.45) is 6.71. The monoisotopic (exact) mass is 381 g/mol. The number of benzene rings is 1. The fraction of sp³-hybridized carbons (Fsp3) is 0.200. The van der Waals surface area contributed by atoms with Gasteiger partial charge in [0, 0.05) is 4.47 Å². The Labute approximate surface area is 140 Å². The number of thioether (sulfide) groups is 1. The second kappa shape index (κ2) is 6.90. The van der Waals surface area contributed by atoms with Gasteiger partial charge in [-0.2, -0.15) is 0 Å². The number of carbonyl (C=O) groups excluding carboxylic acids is 2. The van der Waals surface area contributed by atoms with Gasteiger partial charge in [0.2, 0.25) is 0 Å². The largest absolute Gasteiger partial charge is 0.504 e. The van der Waals surface area contributed by atoms with E-state index in [1.165, 1.54) is 6.07 Å². The minimum absolute atomic E-state index is 0.00805. The van der Waals surface area contributed by atoms with E-state index >= 15 is 0 Å². The van der Waals surface area contributed by atoms with Crippen molar-refractivity contribution in [2.24, 2.45) is 0 Å². The highest BCUT2D eigenvalue weighted by Crippen LogP contribution is 2.37. The molecule has 0 bridgehead atoms. The van der Waals surface area contributed by atoms with Crippen molar-refractivity contribution in [1.82, 2.24) is 4.90 Å². The van der Waals surface area contributed by atoms with E-state index in [2.05, 4.69) is 21.9 Å². The summed E-state index contributed by atoms with van der Waals surface area (Å²) in [6.45, 7) is 2.14. The zero-order valence-electron chi connectivity index (χ0n) is 11.6. The van der Waals surface area contributed by atoms with Gasteiger partial charge < -0.3 is 9.84 Å². The molecule has 1 N–H and O–H groups in total. The Bertz CT molecular complexity index is 708. The standard InChI is InChI=1S/C15H12BrNO4S/c1-3-5-17-14(19)13(22-15(17)20)7-9-6-12(21-4-2)11(18)8-10(9)16/h1,6-8,18H,4-5H2,2H3. The molecule has 2 amide bonds. The summed E-state index contributed by atoms with van der Waals surface area (Å²) in [5.41, 5.74) is 0.618. The molecule has 0 aliphatic carbocycles. The van der Waals surface area contributed by atoms with E-state index in [1.807, 2.05) is 0 Å². The summed E-state index contributed by atoms with van der Waals surface area (Å²) in [5, 5.41) is 9.39. The Hall–Kier alpha value is -1.91. The van der Waals surface area contributed by atoms with Gasteiger partial charge in [0.25, 0.3) is 11.1 Å². The number of hydrogen-bond donors (Lipinski definition) is 1. The second-order valence-corrected chi connectivity index (χ2v) is 6.09. The van der Waals surface area contributed by atoms with Gasteiger partial charge in [-0.1, -0.05) is 21.9 Å². The van der Waals surface area contributed by atoms with Crippen LogP contribution in [0.5, 0.6) is 11.5 Å². The summed E-state index contributed by atoms with van der Waals surface area (Å²) in [5.74, 6) is 2.15. The first-order chi connectivity index (χ1) is 10.5. The van der Waals surface area contributed by atoms with Crippen molar-refractivity contribution in [3.63, 3.8) is 0 Å². The maximum absolute atomic E-state index is 12.1. The Kier molecular flexibility index (Phi) is 5.16. The molecule has 1 fully saturated rings. The van der Waals surface area contributed by atoms with E-state index in [0.717, 1.165) is 16.7 Å². The number of amides is 2. The average Bonchev–Trinajstić information content (AvgIpc) is 2.72.